The number of primary amides is 1. The van der Waals surface area contributed by atoms with Crippen molar-refractivity contribution in [1.29, 1.82) is 0 Å². The van der Waals surface area contributed by atoms with Gasteiger partial charge in [-0.25, -0.2) is 9.97 Å². The quantitative estimate of drug-likeness (QED) is 0.682. The Morgan fingerprint density at radius 3 is 2.86 bits per heavy atom. The predicted molar refractivity (Wildman–Crippen MR) is 84.0 cm³/mol. The number of nitrogens with two attached hydrogens (primary N) is 1. The Bertz CT molecular complexity index is 854. The third-order valence-corrected chi connectivity index (χ3v) is 3.32. The van der Waals surface area contributed by atoms with Crippen molar-refractivity contribution in [3.63, 3.8) is 0 Å². The van der Waals surface area contributed by atoms with Gasteiger partial charge in [0.05, 0.1) is 5.52 Å². The van der Waals surface area contributed by atoms with Crippen molar-refractivity contribution in [3.05, 3.63) is 41.5 Å². The first-order valence-electron chi connectivity index (χ1n) is 6.96. The summed E-state index contributed by atoms with van der Waals surface area (Å²) < 4.78 is 0. The van der Waals surface area contributed by atoms with Gasteiger partial charge in [0.15, 0.2) is 5.69 Å². The van der Waals surface area contributed by atoms with Crippen molar-refractivity contribution in [2.24, 2.45) is 5.73 Å². The molecule has 0 bridgehead atoms. The van der Waals surface area contributed by atoms with E-state index >= 15 is 0 Å². The number of nitrogens with zero attached hydrogens (tertiary/aromatic N) is 3. The highest BCUT2D eigenvalue weighted by Gasteiger charge is 2.11. The second-order valence-electron chi connectivity index (χ2n) is 4.97. The normalized spacial score (nSPS) is 10.8. The molecular weight excluding hydrogens is 280 g/mol. The van der Waals surface area contributed by atoms with E-state index in [4.69, 9.17) is 5.73 Å². The summed E-state index contributed by atoms with van der Waals surface area (Å²) in [5.41, 5.74) is 8.08. The van der Waals surface area contributed by atoms with Crippen LogP contribution in [-0.2, 0) is 6.42 Å². The van der Waals surface area contributed by atoms with Crippen LogP contribution in [0.25, 0.3) is 10.9 Å². The number of carbonyl (C=O) groups is 1. The number of aromatic amines is 1. The van der Waals surface area contributed by atoms with Gasteiger partial charge in [0, 0.05) is 22.8 Å². The lowest BCUT2D eigenvalue weighted by atomic mass is 10.2. The Labute approximate surface area is 127 Å². The summed E-state index contributed by atoms with van der Waals surface area (Å²) in [4.78, 5) is 20.1. The van der Waals surface area contributed by atoms with E-state index in [1.165, 1.54) is 0 Å². The molecule has 1 amide bonds. The molecule has 0 fully saturated rings. The average Bonchev–Trinajstić information content (AvgIpc) is 2.89. The van der Waals surface area contributed by atoms with Gasteiger partial charge >= 0.3 is 0 Å². The van der Waals surface area contributed by atoms with E-state index in [0.717, 1.165) is 23.3 Å². The number of anilines is 2. The lowest BCUT2D eigenvalue weighted by molar-refractivity contribution is 0.0997. The predicted octanol–water partition coefficient (Wildman–Crippen LogP) is 2.07. The number of rotatable bonds is 4. The molecule has 0 aliphatic heterocycles. The maximum absolute atomic E-state index is 11.4. The van der Waals surface area contributed by atoms with E-state index in [1.807, 2.05) is 38.1 Å². The monoisotopic (exact) mass is 296 g/mol. The van der Waals surface area contributed by atoms with Crippen LogP contribution in [0.1, 0.15) is 28.9 Å². The van der Waals surface area contributed by atoms with Crippen LogP contribution in [0.2, 0.25) is 0 Å². The minimum atomic E-state index is -0.561. The summed E-state index contributed by atoms with van der Waals surface area (Å²) >= 11 is 0. The second-order valence-corrected chi connectivity index (χ2v) is 4.97. The van der Waals surface area contributed by atoms with E-state index in [0.29, 0.717) is 17.0 Å². The summed E-state index contributed by atoms with van der Waals surface area (Å²) in [6, 6.07) is 7.45. The van der Waals surface area contributed by atoms with Crippen LogP contribution in [0.15, 0.2) is 24.3 Å². The van der Waals surface area contributed by atoms with Crippen molar-refractivity contribution in [3.8, 4) is 0 Å². The van der Waals surface area contributed by atoms with Gasteiger partial charge in [-0.15, -0.1) is 0 Å². The lowest BCUT2D eigenvalue weighted by Crippen LogP contribution is -2.11. The Hall–Kier alpha value is -2.96. The molecule has 22 heavy (non-hydrogen) atoms. The van der Waals surface area contributed by atoms with Gasteiger partial charge in [0.25, 0.3) is 5.91 Å². The van der Waals surface area contributed by atoms with Gasteiger partial charge in [0.1, 0.15) is 11.6 Å². The number of benzene rings is 1. The highest BCUT2D eigenvalue weighted by atomic mass is 16.1. The average molecular weight is 296 g/mol. The Balaban J connectivity index is 1.98. The van der Waals surface area contributed by atoms with Crippen molar-refractivity contribution in [2.75, 3.05) is 5.32 Å². The number of amides is 1. The fraction of sp³-hybridized carbons (Fsp3) is 0.200. The first-order valence-corrected chi connectivity index (χ1v) is 6.96. The summed E-state index contributed by atoms with van der Waals surface area (Å²) in [5.74, 6) is 0.867. The number of carbonyl (C=O) groups excluding carboxylic acids is 1. The van der Waals surface area contributed by atoms with Gasteiger partial charge in [-0.3, -0.25) is 9.89 Å². The van der Waals surface area contributed by atoms with Crippen LogP contribution >= 0.6 is 0 Å². The zero-order chi connectivity index (χ0) is 15.7. The molecule has 112 valence electrons. The molecular formula is C15H16N6O. The fourth-order valence-corrected chi connectivity index (χ4v) is 2.30. The fourth-order valence-electron chi connectivity index (χ4n) is 2.30. The molecule has 1 aromatic carbocycles. The van der Waals surface area contributed by atoms with Crippen LogP contribution in [-0.4, -0.2) is 26.1 Å². The molecule has 2 heterocycles. The topological polar surface area (TPSA) is 110 Å². The number of hydrogen-bond acceptors (Lipinski definition) is 5. The van der Waals surface area contributed by atoms with Crippen molar-refractivity contribution < 1.29 is 4.79 Å². The largest absolute Gasteiger partial charge is 0.364 e. The maximum Gasteiger partial charge on any atom is 0.269 e. The van der Waals surface area contributed by atoms with Gasteiger partial charge < -0.3 is 11.1 Å². The van der Waals surface area contributed by atoms with Crippen LogP contribution < -0.4 is 11.1 Å². The molecule has 0 spiro atoms. The molecule has 0 aliphatic carbocycles. The van der Waals surface area contributed by atoms with E-state index in [-0.39, 0.29) is 5.69 Å². The number of aromatic nitrogens is 4. The third-order valence-electron chi connectivity index (χ3n) is 3.32. The summed E-state index contributed by atoms with van der Waals surface area (Å²) in [7, 11) is 0. The Morgan fingerprint density at radius 2 is 2.14 bits per heavy atom. The maximum atomic E-state index is 11.4. The van der Waals surface area contributed by atoms with Crippen molar-refractivity contribution in [1.82, 2.24) is 20.2 Å². The van der Waals surface area contributed by atoms with E-state index in [2.05, 4.69) is 25.5 Å². The van der Waals surface area contributed by atoms with Gasteiger partial charge in [-0.2, -0.15) is 5.10 Å². The molecule has 7 nitrogen and oxygen atoms in total. The molecule has 3 rings (SSSR count). The van der Waals surface area contributed by atoms with Crippen molar-refractivity contribution >= 4 is 28.3 Å². The molecule has 0 unspecified atom stereocenters. The van der Waals surface area contributed by atoms with Gasteiger partial charge in [0.2, 0.25) is 0 Å². The molecule has 0 atom stereocenters. The molecule has 7 heteroatoms. The zero-order valence-electron chi connectivity index (χ0n) is 12.3. The number of nitrogens with one attached hydrogen (secondary N) is 2. The number of fused-ring (bicyclic) bond motifs is 1. The van der Waals surface area contributed by atoms with Gasteiger partial charge in [-0.05, 0) is 31.5 Å². The number of H-pyrrole nitrogens is 1. The third kappa shape index (κ3) is 2.60. The van der Waals surface area contributed by atoms with Crippen LogP contribution in [0.5, 0.6) is 0 Å². The SMILES string of the molecule is CCc1cc(Nc2ccc3[nH]nc(C(N)=O)c3c2)nc(C)n1. The molecule has 0 aliphatic rings. The molecule has 0 saturated heterocycles. The van der Waals surface area contributed by atoms with Crippen molar-refractivity contribution in [2.45, 2.75) is 20.3 Å². The standard InChI is InChI=1S/C15H16N6O/c1-3-9-7-13(18-8(2)17-9)19-10-4-5-12-11(6-10)14(15(16)22)21-20-12/h4-7H,3H2,1-2H3,(H2,16,22)(H,20,21)(H,17,18,19). The molecule has 4 N–H and O–H groups in total. The van der Waals surface area contributed by atoms with E-state index in [9.17, 15) is 4.79 Å². The minimum Gasteiger partial charge on any atom is -0.364 e. The molecule has 2 aromatic heterocycles. The lowest BCUT2D eigenvalue weighted by Gasteiger charge is -2.08. The summed E-state index contributed by atoms with van der Waals surface area (Å²) in [5, 5.41) is 10.6. The highest BCUT2D eigenvalue weighted by molar-refractivity contribution is 6.04. The van der Waals surface area contributed by atoms with Crippen LogP contribution in [0, 0.1) is 6.92 Å². The number of hydrogen-bond donors (Lipinski definition) is 3. The first-order chi connectivity index (χ1) is 10.6. The zero-order valence-corrected chi connectivity index (χ0v) is 12.3. The van der Waals surface area contributed by atoms with Crippen LogP contribution in [0.4, 0.5) is 11.5 Å². The molecule has 3 aromatic rings. The Kier molecular flexibility index (Phi) is 3.46. The van der Waals surface area contributed by atoms with E-state index in [1.54, 1.807) is 0 Å². The Morgan fingerprint density at radius 1 is 1.32 bits per heavy atom. The summed E-state index contributed by atoms with van der Waals surface area (Å²) in [6.45, 7) is 3.90. The highest BCUT2D eigenvalue weighted by Crippen LogP contribution is 2.23. The first kappa shape index (κ1) is 14.0. The number of aryl methyl sites for hydroxylation is 2. The minimum absolute atomic E-state index is 0.228. The molecule has 0 radical (unpaired) electrons. The second kappa shape index (κ2) is 5.44. The van der Waals surface area contributed by atoms with E-state index < -0.39 is 5.91 Å². The van der Waals surface area contributed by atoms with Crippen LogP contribution in [0.3, 0.4) is 0 Å². The van der Waals surface area contributed by atoms with Gasteiger partial charge in [-0.1, -0.05) is 6.92 Å². The summed E-state index contributed by atoms with van der Waals surface area (Å²) in [6.07, 6.45) is 0.838. The smallest absolute Gasteiger partial charge is 0.269 e. The molecule has 0 saturated carbocycles.